The Bertz CT molecular complexity index is 436. The molecule has 0 aromatic heterocycles. The predicted molar refractivity (Wildman–Crippen MR) is 57.2 cm³/mol. The van der Waals surface area contributed by atoms with Crippen LogP contribution in [-0.2, 0) is 4.84 Å². The Kier molecular flexibility index (Phi) is 3.81. The number of nitrogens with zero attached hydrogens (tertiary/aromatic N) is 2. The Morgan fingerprint density at radius 2 is 2.19 bits per heavy atom. The number of halogens is 1. The molecule has 0 aliphatic heterocycles. The number of benzene rings is 1. The van der Waals surface area contributed by atoms with Gasteiger partial charge < -0.3 is 0 Å². The van der Waals surface area contributed by atoms with E-state index >= 15 is 0 Å². The largest absolute Gasteiger partial charge is 0.285 e. The topological polar surface area (TPSA) is 72.7 Å². The standard InChI is InChI=1S/C9H9ClN2O4/c1-11(16-2)9(13)8-6(10)4-3-5-7(8)12(14)15/h3-5H,1-2H3. The Morgan fingerprint density at radius 1 is 1.56 bits per heavy atom. The van der Waals surface area contributed by atoms with E-state index in [0.717, 1.165) is 5.06 Å². The third-order valence-corrected chi connectivity index (χ3v) is 2.28. The van der Waals surface area contributed by atoms with Gasteiger partial charge in [0.15, 0.2) is 0 Å². The minimum absolute atomic E-state index is 0.0168. The van der Waals surface area contributed by atoms with Crippen LogP contribution in [0.4, 0.5) is 5.69 Å². The van der Waals surface area contributed by atoms with Gasteiger partial charge in [0.1, 0.15) is 5.56 Å². The van der Waals surface area contributed by atoms with Crippen LogP contribution < -0.4 is 0 Å². The highest BCUT2D eigenvalue weighted by molar-refractivity contribution is 6.34. The number of nitro benzene ring substituents is 1. The van der Waals surface area contributed by atoms with Gasteiger partial charge in [-0.25, -0.2) is 5.06 Å². The van der Waals surface area contributed by atoms with Crippen molar-refractivity contribution >= 4 is 23.2 Å². The van der Waals surface area contributed by atoms with Crippen molar-refractivity contribution in [2.24, 2.45) is 0 Å². The van der Waals surface area contributed by atoms with Gasteiger partial charge in [-0.15, -0.1) is 0 Å². The summed E-state index contributed by atoms with van der Waals surface area (Å²) in [6.07, 6.45) is 0. The van der Waals surface area contributed by atoms with Crippen LogP contribution in [0.25, 0.3) is 0 Å². The highest BCUT2D eigenvalue weighted by atomic mass is 35.5. The molecule has 86 valence electrons. The summed E-state index contributed by atoms with van der Waals surface area (Å²) in [4.78, 5) is 26.5. The zero-order valence-electron chi connectivity index (χ0n) is 8.64. The third kappa shape index (κ3) is 2.29. The summed E-state index contributed by atoms with van der Waals surface area (Å²) in [5.41, 5.74) is -0.528. The van der Waals surface area contributed by atoms with Gasteiger partial charge in [0.2, 0.25) is 0 Å². The summed E-state index contributed by atoms with van der Waals surface area (Å²) in [5, 5.41) is 11.6. The van der Waals surface area contributed by atoms with E-state index < -0.39 is 10.8 Å². The fraction of sp³-hybridized carbons (Fsp3) is 0.222. The second kappa shape index (κ2) is 4.91. The van der Waals surface area contributed by atoms with E-state index in [1.807, 2.05) is 0 Å². The summed E-state index contributed by atoms with van der Waals surface area (Å²) in [7, 11) is 2.62. The molecule has 0 heterocycles. The van der Waals surface area contributed by atoms with Gasteiger partial charge in [-0.1, -0.05) is 17.7 Å². The lowest BCUT2D eigenvalue weighted by Gasteiger charge is -2.14. The van der Waals surface area contributed by atoms with Crippen molar-refractivity contribution < 1.29 is 14.6 Å². The van der Waals surface area contributed by atoms with Gasteiger partial charge in [-0.05, 0) is 6.07 Å². The summed E-state index contributed by atoms with van der Waals surface area (Å²) in [6.45, 7) is 0. The molecule has 1 rings (SSSR count). The number of carbonyl (C=O) groups excluding carboxylic acids is 1. The van der Waals surface area contributed by atoms with E-state index in [-0.39, 0.29) is 16.3 Å². The Labute approximate surface area is 96.5 Å². The molecule has 0 spiro atoms. The molecular weight excluding hydrogens is 236 g/mol. The van der Waals surface area contributed by atoms with E-state index in [1.54, 1.807) is 0 Å². The zero-order valence-corrected chi connectivity index (χ0v) is 9.39. The molecule has 0 unspecified atom stereocenters. The van der Waals surface area contributed by atoms with Crippen molar-refractivity contribution in [3.05, 3.63) is 38.9 Å². The van der Waals surface area contributed by atoms with Crippen LogP contribution >= 0.6 is 11.6 Å². The first-order chi connectivity index (χ1) is 7.49. The Morgan fingerprint density at radius 3 is 2.69 bits per heavy atom. The predicted octanol–water partition coefficient (Wildman–Crippen LogP) is 1.88. The smallest absolute Gasteiger partial charge is 0.274 e. The van der Waals surface area contributed by atoms with E-state index in [4.69, 9.17) is 11.6 Å². The van der Waals surface area contributed by atoms with Crippen LogP contribution in [0, 0.1) is 10.1 Å². The molecule has 0 fully saturated rings. The maximum Gasteiger partial charge on any atom is 0.285 e. The number of hydroxylamine groups is 2. The second-order valence-electron chi connectivity index (χ2n) is 2.88. The third-order valence-electron chi connectivity index (χ3n) is 1.96. The van der Waals surface area contributed by atoms with Crippen molar-refractivity contribution in [2.45, 2.75) is 0 Å². The molecule has 0 radical (unpaired) electrons. The molecule has 0 bridgehead atoms. The average molecular weight is 245 g/mol. The highest BCUT2D eigenvalue weighted by Crippen LogP contribution is 2.27. The second-order valence-corrected chi connectivity index (χ2v) is 3.28. The maximum atomic E-state index is 11.7. The van der Waals surface area contributed by atoms with Gasteiger partial charge in [0, 0.05) is 13.1 Å². The van der Waals surface area contributed by atoms with Crippen LogP contribution in [-0.4, -0.2) is 30.1 Å². The van der Waals surface area contributed by atoms with Crippen LogP contribution in [0.1, 0.15) is 10.4 Å². The molecule has 7 heteroatoms. The Hall–Kier alpha value is -1.66. The SMILES string of the molecule is CON(C)C(=O)c1c(Cl)cccc1[N+](=O)[O-]. The summed E-state index contributed by atoms with van der Waals surface area (Å²) in [5.74, 6) is -0.667. The molecule has 0 aliphatic carbocycles. The van der Waals surface area contributed by atoms with Crippen molar-refractivity contribution in [1.29, 1.82) is 0 Å². The number of hydrogen-bond donors (Lipinski definition) is 0. The first-order valence-corrected chi connectivity index (χ1v) is 4.62. The van der Waals surface area contributed by atoms with Crippen LogP contribution in [0.3, 0.4) is 0 Å². The molecule has 1 amide bonds. The van der Waals surface area contributed by atoms with E-state index in [0.29, 0.717) is 0 Å². The number of carbonyl (C=O) groups is 1. The Balaban J connectivity index is 3.31. The fourth-order valence-electron chi connectivity index (χ4n) is 1.12. The first kappa shape index (κ1) is 12.4. The van der Waals surface area contributed by atoms with Crippen molar-refractivity contribution in [1.82, 2.24) is 5.06 Å². The van der Waals surface area contributed by atoms with E-state index in [1.165, 1.54) is 32.4 Å². The molecule has 0 saturated heterocycles. The molecule has 1 aromatic rings. The maximum absolute atomic E-state index is 11.7. The summed E-state index contributed by atoms with van der Waals surface area (Å²) in [6, 6.07) is 4.03. The van der Waals surface area contributed by atoms with Crippen molar-refractivity contribution in [3.63, 3.8) is 0 Å². The molecule has 0 N–H and O–H groups in total. The van der Waals surface area contributed by atoms with E-state index in [2.05, 4.69) is 4.84 Å². The van der Waals surface area contributed by atoms with Gasteiger partial charge in [-0.3, -0.25) is 19.7 Å². The molecule has 16 heavy (non-hydrogen) atoms. The normalized spacial score (nSPS) is 9.94. The van der Waals surface area contributed by atoms with Crippen molar-refractivity contribution in [2.75, 3.05) is 14.2 Å². The molecule has 0 saturated carbocycles. The molecule has 0 atom stereocenters. The van der Waals surface area contributed by atoms with Gasteiger partial charge in [-0.2, -0.15) is 0 Å². The number of rotatable bonds is 3. The van der Waals surface area contributed by atoms with Gasteiger partial charge in [0.25, 0.3) is 11.6 Å². The number of amides is 1. The lowest BCUT2D eigenvalue weighted by Crippen LogP contribution is -2.26. The fourth-order valence-corrected chi connectivity index (χ4v) is 1.37. The monoisotopic (exact) mass is 244 g/mol. The molecule has 0 aliphatic rings. The molecular formula is C9H9ClN2O4. The van der Waals surface area contributed by atoms with Gasteiger partial charge >= 0.3 is 0 Å². The molecule has 1 aromatic carbocycles. The zero-order chi connectivity index (χ0) is 12.3. The highest BCUT2D eigenvalue weighted by Gasteiger charge is 2.25. The average Bonchev–Trinajstić information content (AvgIpc) is 2.26. The van der Waals surface area contributed by atoms with Gasteiger partial charge in [0.05, 0.1) is 17.1 Å². The minimum atomic E-state index is -0.667. The minimum Gasteiger partial charge on any atom is -0.274 e. The quantitative estimate of drug-likeness (QED) is 0.601. The lowest BCUT2D eigenvalue weighted by molar-refractivity contribution is -0.385. The van der Waals surface area contributed by atoms with Crippen LogP contribution in [0.2, 0.25) is 5.02 Å². The summed E-state index contributed by atoms with van der Waals surface area (Å²) >= 11 is 5.76. The van der Waals surface area contributed by atoms with E-state index in [9.17, 15) is 14.9 Å². The van der Waals surface area contributed by atoms with Crippen molar-refractivity contribution in [3.8, 4) is 0 Å². The van der Waals surface area contributed by atoms with Crippen LogP contribution in [0.5, 0.6) is 0 Å². The summed E-state index contributed by atoms with van der Waals surface area (Å²) < 4.78 is 0. The first-order valence-electron chi connectivity index (χ1n) is 4.24. The molecule has 6 nitrogen and oxygen atoms in total. The van der Waals surface area contributed by atoms with Crippen LogP contribution in [0.15, 0.2) is 18.2 Å². The number of hydrogen-bond acceptors (Lipinski definition) is 4. The lowest BCUT2D eigenvalue weighted by atomic mass is 10.1. The number of nitro groups is 1.